The Morgan fingerprint density at radius 1 is 0.706 bits per heavy atom. The van der Waals surface area contributed by atoms with Crippen LogP contribution in [0.25, 0.3) is 0 Å². The fourth-order valence-electron chi connectivity index (χ4n) is 1.24. The fourth-order valence-corrected chi connectivity index (χ4v) is 1.95. The van der Waals surface area contributed by atoms with Crippen molar-refractivity contribution in [3.8, 4) is 0 Å². The predicted molar refractivity (Wildman–Crippen MR) is 64.3 cm³/mol. The molecule has 0 heterocycles. The first-order valence-electron chi connectivity index (χ1n) is 4.49. The summed E-state index contributed by atoms with van der Waals surface area (Å²) in [6.45, 7) is 0. The molecule has 17 heavy (non-hydrogen) atoms. The molecule has 0 saturated heterocycles. The van der Waals surface area contributed by atoms with Crippen molar-refractivity contribution in [1.29, 1.82) is 0 Å². The normalized spacial score (nSPS) is 13.9. The Labute approximate surface area is 118 Å². The SMILES string of the molecule is O=C(Cl)CC(CC(CC(=O)Cl)C(=O)Cl)C(=O)Cl. The first kappa shape index (κ1) is 16.8. The maximum atomic E-state index is 11.0. The van der Waals surface area contributed by atoms with E-state index in [1.54, 1.807) is 0 Å². The average Bonchev–Trinajstić information content (AvgIpc) is 2.13. The standard InChI is InChI=1S/C9H8Cl4O4/c10-6(14)2-4(8(12)16)1-5(9(13)17)3-7(11)15/h4-5H,1-3H2. The summed E-state index contributed by atoms with van der Waals surface area (Å²) in [5.74, 6) is -1.91. The Hall–Kier alpha value is -0.160. The summed E-state index contributed by atoms with van der Waals surface area (Å²) in [4.78, 5) is 43.4. The van der Waals surface area contributed by atoms with Gasteiger partial charge in [-0.3, -0.25) is 19.2 Å². The lowest BCUT2D eigenvalue weighted by molar-refractivity contribution is -0.123. The minimum absolute atomic E-state index is 0.137. The zero-order chi connectivity index (χ0) is 13.6. The second kappa shape index (κ2) is 8.03. The van der Waals surface area contributed by atoms with Gasteiger partial charge in [-0.25, -0.2) is 0 Å². The van der Waals surface area contributed by atoms with Crippen LogP contribution in [0.2, 0.25) is 0 Å². The van der Waals surface area contributed by atoms with E-state index in [-0.39, 0.29) is 19.3 Å². The quantitative estimate of drug-likeness (QED) is 0.644. The number of hydrogen-bond acceptors (Lipinski definition) is 4. The molecule has 0 fully saturated rings. The second-order valence-electron chi connectivity index (χ2n) is 3.36. The van der Waals surface area contributed by atoms with E-state index in [1.807, 2.05) is 0 Å². The van der Waals surface area contributed by atoms with E-state index in [0.29, 0.717) is 0 Å². The highest BCUT2D eigenvalue weighted by atomic mass is 35.5. The van der Waals surface area contributed by atoms with Crippen molar-refractivity contribution in [2.75, 3.05) is 0 Å². The molecule has 4 nitrogen and oxygen atoms in total. The maximum absolute atomic E-state index is 11.0. The number of carbonyl (C=O) groups is 4. The lowest BCUT2D eigenvalue weighted by atomic mass is 9.92. The van der Waals surface area contributed by atoms with Crippen LogP contribution >= 0.6 is 46.4 Å². The van der Waals surface area contributed by atoms with Crippen LogP contribution in [0, 0.1) is 11.8 Å². The fraction of sp³-hybridized carbons (Fsp3) is 0.556. The summed E-state index contributed by atoms with van der Waals surface area (Å²) < 4.78 is 0. The molecule has 96 valence electrons. The van der Waals surface area contributed by atoms with E-state index in [9.17, 15) is 19.2 Å². The van der Waals surface area contributed by atoms with E-state index >= 15 is 0 Å². The summed E-state index contributed by atoms with van der Waals surface area (Å²) >= 11 is 20.8. The molecule has 0 saturated carbocycles. The maximum Gasteiger partial charge on any atom is 0.225 e. The van der Waals surface area contributed by atoms with Gasteiger partial charge in [-0.1, -0.05) is 0 Å². The highest BCUT2D eigenvalue weighted by Crippen LogP contribution is 2.24. The van der Waals surface area contributed by atoms with Crippen LogP contribution in [0.15, 0.2) is 0 Å². The molecule has 0 N–H and O–H groups in total. The molecule has 0 aliphatic heterocycles. The van der Waals surface area contributed by atoms with Gasteiger partial charge in [0.25, 0.3) is 0 Å². The molecule has 0 aliphatic rings. The van der Waals surface area contributed by atoms with Crippen molar-refractivity contribution in [3.63, 3.8) is 0 Å². The van der Waals surface area contributed by atoms with Crippen molar-refractivity contribution in [2.24, 2.45) is 11.8 Å². The molecule has 8 heteroatoms. The smallest absolute Gasteiger partial charge is 0.225 e. The molecule has 0 radical (unpaired) electrons. The molecular formula is C9H8Cl4O4. The van der Waals surface area contributed by atoms with Crippen LogP contribution in [-0.4, -0.2) is 21.0 Å². The highest BCUT2D eigenvalue weighted by Gasteiger charge is 2.28. The molecule has 2 atom stereocenters. The lowest BCUT2D eigenvalue weighted by Crippen LogP contribution is -2.21. The molecule has 0 aromatic carbocycles. The third-order valence-electron chi connectivity index (χ3n) is 2.02. The summed E-state index contributed by atoms with van der Waals surface area (Å²) in [5, 5.41) is -3.16. The summed E-state index contributed by atoms with van der Waals surface area (Å²) in [6.07, 6.45) is -0.774. The van der Waals surface area contributed by atoms with Crippen LogP contribution in [0.5, 0.6) is 0 Å². The van der Waals surface area contributed by atoms with E-state index in [1.165, 1.54) is 0 Å². The van der Waals surface area contributed by atoms with Crippen molar-refractivity contribution in [2.45, 2.75) is 19.3 Å². The molecule has 0 bridgehead atoms. The van der Waals surface area contributed by atoms with Crippen LogP contribution in [0.3, 0.4) is 0 Å². The number of carbonyl (C=O) groups excluding carboxylic acids is 4. The number of halogens is 4. The Bertz CT molecular complexity index is 310. The van der Waals surface area contributed by atoms with Gasteiger partial charge in [0.1, 0.15) is 0 Å². The summed E-state index contributed by atoms with van der Waals surface area (Å²) in [6, 6.07) is 0. The lowest BCUT2D eigenvalue weighted by Gasteiger charge is -2.15. The third kappa shape index (κ3) is 7.71. The van der Waals surface area contributed by atoms with Gasteiger partial charge in [0.15, 0.2) is 0 Å². The Balaban J connectivity index is 4.67. The molecule has 0 aromatic rings. The van der Waals surface area contributed by atoms with Crippen LogP contribution in [0.1, 0.15) is 19.3 Å². The number of rotatable bonds is 8. The average molecular weight is 322 g/mol. The van der Waals surface area contributed by atoms with Gasteiger partial charge < -0.3 is 0 Å². The van der Waals surface area contributed by atoms with Gasteiger partial charge in [-0.15, -0.1) is 0 Å². The van der Waals surface area contributed by atoms with E-state index in [2.05, 4.69) is 0 Å². The zero-order valence-electron chi connectivity index (χ0n) is 8.42. The Kier molecular flexibility index (Phi) is 7.96. The Morgan fingerprint density at radius 2 is 1.00 bits per heavy atom. The van der Waals surface area contributed by atoms with Crippen LogP contribution in [0.4, 0.5) is 0 Å². The van der Waals surface area contributed by atoms with Gasteiger partial charge in [-0.05, 0) is 52.8 Å². The zero-order valence-corrected chi connectivity index (χ0v) is 11.4. The largest absolute Gasteiger partial charge is 0.281 e. The molecular weight excluding hydrogens is 314 g/mol. The molecule has 0 aromatic heterocycles. The number of hydrogen-bond donors (Lipinski definition) is 0. The van der Waals surface area contributed by atoms with Gasteiger partial charge in [0.05, 0.1) is 0 Å². The van der Waals surface area contributed by atoms with Gasteiger partial charge in [0, 0.05) is 24.7 Å². The summed E-state index contributed by atoms with van der Waals surface area (Å²) in [5.41, 5.74) is 0. The predicted octanol–water partition coefficient (Wildman–Crippen LogP) is 2.45. The van der Waals surface area contributed by atoms with E-state index in [0.717, 1.165) is 0 Å². The highest BCUT2D eigenvalue weighted by molar-refractivity contribution is 6.67. The second-order valence-corrected chi connectivity index (χ2v) is 4.94. The minimum Gasteiger partial charge on any atom is -0.281 e. The van der Waals surface area contributed by atoms with Crippen LogP contribution < -0.4 is 0 Å². The summed E-state index contributed by atoms with van der Waals surface area (Å²) in [7, 11) is 0. The molecule has 2 unspecified atom stereocenters. The van der Waals surface area contributed by atoms with Crippen molar-refractivity contribution in [1.82, 2.24) is 0 Å². The molecule has 0 rings (SSSR count). The van der Waals surface area contributed by atoms with Gasteiger partial charge in [0.2, 0.25) is 21.0 Å². The third-order valence-corrected chi connectivity index (χ3v) is 2.95. The monoisotopic (exact) mass is 320 g/mol. The van der Waals surface area contributed by atoms with E-state index in [4.69, 9.17) is 46.4 Å². The first-order valence-corrected chi connectivity index (χ1v) is 6.00. The van der Waals surface area contributed by atoms with Crippen molar-refractivity contribution in [3.05, 3.63) is 0 Å². The molecule has 0 amide bonds. The Morgan fingerprint density at radius 3 is 1.18 bits per heavy atom. The van der Waals surface area contributed by atoms with Crippen molar-refractivity contribution < 1.29 is 19.2 Å². The van der Waals surface area contributed by atoms with Crippen LogP contribution in [-0.2, 0) is 19.2 Å². The van der Waals surface area contributed by atoms with Gasteiger partial charge in [-0.2, -0.15) is 0 Å². The molecule has 0 aliphatic carbocycles. The molecule has 0 spiro atoms. The minimum atomic E-state index is -0.953. The van der Waals surface area contributed by atoms with Gasteiger partial charge >= 0.3 is 0 Å². The van der Waals surface area contributed by atoms with E-state index < -0.39 is 32.8 Å². The topological polar surface area (TPSA) is 68.3 Å². The first-order chi connectivity index (χ1) is 7.73. The van der Waals surface area contributed by atoms with Crippen molar-refractivity contribution >= 4 is 67.4 Å².